The van der Waals surface area contributed by atoms with Crippen molar-refractivity contribution >= 4 is 17.4 Å². The third kappa shape index (κ3) is 5.60. The number of amides is 1. The number of aliphatic hydroxyl groups is 2. The van der Waals surface area contributed by atoms with Crippen LogP contribution in [0.5, 0.6) is 0 Å². The van der Waals surface area contributed by atoms with E-state index in [1.165, 1.54) is 0 Å². The first-order valence-corrected chi connectivity index (χ1v) is 10.9. The second-order valence-corrected chi connectivity index (χ2v) is 8.30. The molecule has 0 spiro atoms. The number of nitrogens with zero attached hydrogens (tertiary/aromatic N) is 2. The third-order valence-corrected chi connectivity index (χ3v) is 5.76. The topological polar surface area (TPSA) is 85.7 Å². The van der Waals surface area contributed by atoms with Crippen LogP contribution in [0.2, 0.25) is 0 Å². The van der Waals surface area contributed by atoms with Crippen LogP contribution in [0.25, 0.3) is 0 Å². The monoisotopic (exact) mass is 489 g/mol. The number of hydrogen-bond donors (Lipinski definition) is 3. The van der Waals surface area contributed by atoms with Gasteiger partial charge >= 0.3 is 6.18 Å². The van der Waals surface area contributed by atoms with Crippen LogP contribution in [0.1, 0.15) is 32.6 Å². The Balaban J connectivity index is 1.56. The average Bonchev–Trinajstić information content (AvgIpc) is 3.26. The van der Waals surface area contributed by atoms with Crippen molar-refractivity contribution in [3.63, 3.8) is 0 Å². The molecule has 0 fully saturated rings. The van der Waals surface area contributed by atoms with Crippen LogP contribution in [0.4, 0.5) is 29.1 Å². The highest BCUT2D eigenvalue weighted by molar-refractivity contribution is 5.98. The fraction of sp³-hybridized carbons (Fsp3) is 0.280. The predicted molar refractivity (Wildman–Crippen MR) is 121 cm³/mol. The van der Waals surface area contributed by atoms with E-state index in [0.717, 1.165) is 23.4 Å². The van der Waals surface area contributed by atoms with Gasteiger partial charge in [0.1, 0.15) is 11.6 Å². The van der Waals surface area contributed by atoms with Crippen molar-refractivity contribution in [3.05, 3.63) is 88.4 Å². The fourth-order valence-electron chi connectivity index (χ4n) is 4.13. The number of alkyl halides is 3. The Kier molecular flexibility index (Phi) is 7.04. The molecule has 3 aromatic rings. The molecule has 0 saturated heterocycles. The summed E-state index contributed by atoms with van der Waals surface area (Å²) in [5.41, 5.74) is 1.85. The third-order valence-electron chi connectivity index (χ3n) is 5.76. The van der Waals surface area contributed by atoms with E-state index in [4.69, 9.17) is 5.11 Å². The predicted octanol–water partition coefficient (Wildman–Crippen LogP) is 3.61. The molecule has 4 rings (SSSR count). The highest BCUT2D eigenvalue weighted by Gasteiger charge is 2.31. The molecule has 184 valence electrons. The van der Waals surface area contributed by atoms with Gasteiger partial charge < -0.3 is 20.4 Å². The first-order valence-electron chi connectivity index (χ1n) is 10.9. The molecule has 2 aromatic carbocycles. The van der Waals surface area contributed by atoms with E-state index in [0.29, 0.717) is 36.0 Å². The minimum Gasteiger partial charge on any atom is -0.394 e. The van der Waals surface area contributed by atoms with Crippen LogP contribution in [0.15, 0.2) is 54.7 Å². The summed E-state index contributed by atoms with van der Waals surface area (Å²) in [6.45, 7) is -0.00785. The first-order chi connectivity index (χ1) is 16.7. The van der Waals surface area contributed by atoms with Gasteiger partial charge in [0.15, 0.2) is 0 Å². The Morgan fingerprint density at radius 3 is 2.69 bits per heavy atom. The number of fused-ring (bicyclic) bond motifs is 1. The van der Waals surface area contributed by atoms with Crippen LogP contribution < -0.4 is 10.2 Å². The van der Waals surface area contributed by atoms with Crippen molar-refractivity contribution in [2.75, 3.05) is 24.6 Å². The van der Waals surface area contributed by atoms with Gasteiger partial charge in [-0.2, -0.15) is 13.2 Å². The maximum absolute atomic E-state index is 13.8. The van der Waals surface area contributed by atoms with Crippen LogP contribution >= 0.6 is 0 Å². The summed E-state index contributed by atoms with van der Waals surface area (Å²) in [6.07, 6.45) is -3.50. The zero-order valence-corrected chi connectivity index (χ0v) is 18.5. The van der Waals surface area contributed by atoms with E-state index in [-0.39, 0.29) is 24.4 Å². The Morgan fingerprint density at radius 1 is 1.14 bits per heavy atom. The van der Waals surface area contributed by atoms with Crippen LogP contribution in [0.3, 0.4) is 0 Å². The molecule has 0 bridgehead atoms. The molecule has 1 amide bonds. The smallest absolute Gasteiger partial charge is 0.394 e. The summed E-state index contributed by atoms with van der Waals surface area (Å²) < 4.78 is 53.0. The fourth-order valence-corrected chi connectivity index (χ4v) is 4.13. The highest BCUT2D eigenvalue weighted by atomic mass is 19.4. The molecule has 1 atom stereocenters. The number of halogens is 4. The standard InChI is InChI=1S/C25H23F4N3O3/c26-18-10-16(9-17(12-18)25(27,28)29)8-15-4-6-30-23(11-15)32-7-5-20-21(2-1-3-22(20)32)24(35)31-13-19(34)14-33/h1-4,6,9-12,19,33-34H,5,7-8,13-14H2,(H,31,35). The molecule has 0 aliphatic carbocycles. The van der Waals surface area contributed by atoms with Crippen molar-refractivity contribution in [2.24, 2.45) is 0 Å². The van der Waals surface area contributed by atoms with Crippen LogP contribution in [0, 0.1) is 5.82 Å². The molecule has 1 aliphatic heterocycles. The highest BCUT2D eigenvalue weighted by Crippen LogP contribution is 2.36. The summed E-state index contributed by atoms with van der Waals surface area (Å²) in [5, 5.41) is 21.0. The average molecular weight is 489 g/mol. The number of aromatic nitrogens is 1. The van der Waals surface area contributed by atoms with E-state index in [1.54, 1.807) is 30.5 Å². The van der Waals surface area contributed by atoms with Gasteiger partial charge in [-0.05, 0) is 72.0 Å². The van der Waals surface area contributed by atoms with Crippen molar-refractivity contribution in [2.45, 2.75) is 25.1 Å². The maximum Gasteiger partial charge on any atom is 0.416 e. The molecular formula is C25H23F4N3O3. The van der Waals surface area contributed by atoms with Crippen molar-refractivity contribution in [1.82, 2.24) is 10.3 Å². The molecule has 0 radical (unpaired) electrons. The number of carbonyl (C=O) groups is 1. The minimum absolute atomic E-state index is 0.0809. The minimum atomic E-state index is -4.64. The zero-order valence-electron chi connectivity index (χ0n) is 18.5. The molecule has 2 heterocycles. The van der Waals surface area contributed by atoms with Crippen LogP contribution in [-0.4, -0.2) is 46.9 Å². The number of nitrogens with one attached hydrogen (secondary N) is 1. The van der Waals surface area contributed by atoms with Crippen molar-refractivity contribution < 1.29 is 32.6 Å². The molecule has 1 unspecified atom stereocenters. The number of rotatable bonds is 7. The second-order valence-electron chi connectivity index (χ2n) is 8.30. The summed E-state index contributed by atoms with van der Waals surface area (Å²) >= 11 is 0. The van der Waals surface area contributed by atoms with Gasteiger partial charge in [-0.15, -0.1) is 0 Å². The molecule has 3 N–H and O–H groups in total. The molecule has 6 nitrogen and oxygen atoms in total. The first kappa shape index (κ1) is 24.6. The van der Waals surface area contributed by atoms with Gasteiger partial charge in [-0.25, -0.2) is 9.37 Å². The van der Waals surface area contributed by atoms with Gasteiger partial charge in [0.2, 0.25) is 0 Å². The molecular weight excluding hydrogens is 466 g/mol. The normalized spacial score (nSPS) is 14.1. The Bertz CT molecular complexity index is 1230. The molecule has 1 aliphatic rings. The Labute approximate surface area is 198 Å². The number of aliphatic hydroxyl groups excluding tert-OH is 2. The van der Waals surface area contributed by atoms with Crippen LogP contribution in [-0.2, 0) is 19.0 Å². The number of pyridine rings is 1. The summed E-state index contributed by atoms with van der Waals surface area (Å²) in [7, 11) is 0. The van der Waals surface area contributed by atoms with E-state index in [9.17, 15) is 27.5 Å². The molecule has 10 heteroatoms. The summed E-state index contributed by atoms with van der Waals surface area (Å²) in [6, 6.07) is 11.1. The van der Waals surface area contributed by atoms with E-state index < -0.39 is 30.3 Å². The maximum atomic E-state index is 13.8. The lowest BCUT2D eigenvalue weighted by Crippen LogP contribution is -2.34. The SMILES string of the molecule is O=C(NCC(O)CO)c1cccc2c1CCN2c1cc(Cc2cc(F)cc(C(F)(F)F)c2)ccn1. The zero-order chi connectivity index (χ0) is 25.2. The van der Waals surface area contributed by atoms with Crippen molar-refractivity contribution in [3.8, 4) is 0 Å². The van der Waals surface area contributed by atoms with E-state index in [1.807, 2.05) is 11.0 Å². The number of benzene rings is 2. The van der Waals surface area contributed by atoms with Gasteiger partial charge in [0.05, 0.1) is 18.3 Å². The molecule has 1 aromatic heterocycles. The Hall–Kier alpha value is -3.50. The lowest BCUT2D eigenvalue weighted by atomic mass is 10.0. The quantitative estimate of drug-likeness (QED) is 0.442. The van der Waals surface area contributed by atoms with Crippen molar-refractivity contribution in [1.29, 1.82) is 0 Å². The summed E-state index contributed by atoms with van der Waals surface area (Å²) in [4.78, 5) is 18.9. The number of hydrogen-bond acceptors (Lipinski definition) is 5. The second kappa shape index (κ2) is 10.0. The van der Waals surface area contributed by atoms with Gasteiger partial charge in [-0.1, -0.05) is 6.07 Å². The van der Waals surface area contributed by atoms with Gasteiger partial charge in [-0.3, -0.25) is 4.79 Å². The largest absolute Gasteiger partial charge is 0.416 e. The van der Waals surface area contributed by atoms with E-state index in [2.05, 4.69) is 10.3 Å². The summed E-state index contributed by atoms with van der Waals surface area (Å²) in [5.74, 6) is -0.763. The number of carbonyl (C=O) groups excluding carboxylic acids is 1. The van der Waals surface area contributed by atoms with Gasteiger partial charge in [0, 0.05) is 30.5 Å². The Morgan fingerprint density at radius 2 is 1.94 bits per heavy atom. The van der Waals surface area contributed by atoms with Gasteiger partial charge in [0.25, 0.3) is 5.91 Å². The number of anilines is 2. The lowest BCUT2D eigenvalue weighted by Gasteiger charge is -2.20. The molecule has 35 heavy (non-hydrogen) atoms. The van der Waals surface area contributed by atoms with E-state index >= 15 is 0 Å². The lowest BCUT2D eigenvalue weighted by molar-refractivity contribution is -0.137. The molecule has 0 saturated carbocycles.